The SMILES string of the molecule is Cc1c(NC(=O)c2cc(Cl)cc(Cl)c2I)cccc1[N+](=O)[O-]. The van der Waals surface area contributed by atoms with Crippen LogP contribution in [0.3, 0.4) is 0 Å². The fraction of sp³-hybridized carbons (Fsp3) is 0.0714. The predicted octanol–water partition coefficient (Wildman–Crippen LogP) is 5.07. The molecule has 22 heavy (non-hydrogen) atoms. The van der Waals surface area contributed by atoms with E-state index in [1.54, 1.807) is 19.1 Å². The molecule has 0 bridgehead atoms. The Morgan fingerprint density at radius 2 is 2.00 bits per heavy atom. The Bertz CT molecular complexity index is 781. The fourth-order valence-corrected chi connectivity index (χ4v) is 2.92. The van der Waals surface area contributed by atoms with Crippen LogP contribution in [0, 0.1) is 20.6 Å². The van der Waals surface area contributed by atoms with Crippen molar-refractivity contribution < 1.29 is 9.72 Å². The molecule has 0 heterocycles. The maximum absolute atomic E-state index is 12.4. The maximum Gasteiger partial charge on any atom is 0.274 e. The van der Waals surface area contributed by atoms with Crippen molar-refractivity contribution in [3.05, 3.63) is 65.2 Å². The third-order valence-electron chi connectivity index (χ3n) is 2.99. The molecule has 114 valence electrons. The Balaban J connectivity index is 2.38. The van der Waals surface area contributed by atoms with Gasteiger partial charge in [0.1, 0.15) is 0 Å². The van der Waals surface area contributed by atoms with Crippen LogP contribution in [0.5, 0.6) is 0 Å². The Hall–Kier alpha value is -1.38. The summed E-state index contributed by atoms with van der Waals surface area (Å²) in [5, 5.41) is 14.3. The van der Waals surface area contributed by atoms with Crippen molar-refractivity contribution in [2.45, 2.75) is 6.92 Å². The minimum atomic E-state index is -0.495. The van der Waals surface area contributed by atoms with Crippen LogP contribution in [0.1, 0.15) is 15.9 Å². The van der Waals surface area contributed by atoms with E-state index in [9.17, 15) is 14.9 Å². The molecule has 0 radical (unpaired) electrons. The summed E-state index contributed by atoms with van der Waals surface area (Å²) < 4.78 is 0.559. The average Bonchev–Trinajstić information content (AvgIpc) is 2.44. The Labute approximate surface area is 149 Å². The first-order chi connectivity index (χ1) is 10.3. The molecule has 5 nitrogen and oxygen atoms in total. The normalized spacial score (nSPS) is 10.4. The van der Waals surface area contributed by atoms with Crippen LogP contribution in [-0.2, 0) is 0 Å². The van der Waals surface area contributed by atoms with Gasteiger partial charge in [-0.05, 0) is 47.7 Å². The van der Waals surface area contributed by atoms with Crippen molar-refractivity contribution in [1.29, 1.82) is 0 Å². The monoisotopic (exact) mass is 450 g/mol. The molecular weight excluding hydrogens is 442 g/mol. The second kappa shape index (κ2) is 6.80. The smallest absolute Gasteiger partial charge is 0.274 e. The van der Waals surface area contributed by atoms with Gasteiger partial charge in [0.2, 0.25) is 0 Å². The fourth-order valence-electron chi connectivity index (χ4n) is 1.87. The number of nitro benzene ring substituents is 1. The number of carbonyl (C=O) groups excluding carboxylic acids is 1. The van der Waals surface area contributed by atoms with Crippen molar-refractivity contribution in [1.82, 2.24) is 0 Å². The zero-order valence-corrected chi connectivity index (χ0v) is 14.9. The van der Waals surface area contributed by atoms with Gasteiger partial charge in [0, 0.05) is 14.7 Å². The number of carbonyl (C=O) groups is 1. The molecule has 8 heteroatoms. The van der Waals surface area contributed by atoms with Crippen molar-refractivity contribution >= 4 is 63.1 Å². The van der Waals surface area contributed by atoms with Gasteiger partial charge < -0.3 is 5.32 Å². The van der Waals surface area contributed by atoms with Gasteiger partial charge in [-0.25, -0.2) is 0 Å². The van der Waals surface area contributed by atoms with Crippen molar-refractivity contribution in [3.8, 4) is 0 Å². The summed E-state index contributed by atoms with van der Waals surface area (Å²) in [6.07, 6.45) is 0. The Morgan fingerprint density at radius 3 is 2.64 bits per heavy atom. The van der Waals surface area contributed by atoms with E-state index in [1.165, 1.54) is 18.2 Å². The largest absolute Gasteiger partial charge is 0.321 e. The van der Waals surface area contributed by atoms with E-state index < -0.39 is 10.8 Å². The lowest BCUT2D eigenvalue weighted by atomic mass is 10.1. The van der Waals surface area contributed by atoms with Crippen LogP contribution in [0.4, 0.5) is 11.4 Å². The lowest BCUT2D eigenvalue weighted by molar-refractivity contribution is -0.385. The third-order valence-corrected chi connectivity index (χ3v) is 4.99. The van der Waals surface area contributed by atoms with E-state index in [-0.39, 0.29) is 5.69 Å². The molecule has 2 rings (SSSR count). The number of rotatable bonds is 3. The zero-order valence-electron chi connectivity index (χ0n) is 11.2. The van der Waals surface area contributed by atoms with Gasteiger partial charge in [-0.1, -0.05) is 29.3 Å². The van der Waals surface area contributed by atoms with Gasteiger partial charge in [-0.15, -0.1) is 0 Å². The molecule has 2 aromatic carbocycles. The molecule has 0 fully saturated rings. The van der Waals surface area contributed by atoms with Crippen molar-refractivity contribution in [3.63, 3.8) is 0 Å². The van der Waals surface area contributed by atoms with E-state index in [4.69, 9.17) is 23.2 Å². The predicted molar refractivity (Wildman–Crippen MR) is 95.0 cm³/mol. The number of hydrogen-bond donors (Lipinski definition) is 1. The van der Waals surface area contributed by atoms with Crippen LogP contribution in [0.2, 0.25) is 10.0 Å². The molecule has 0 aromatic heterocycles. The number of halogens is 3. The number of hydrogen-bond acceptors (Lipinski definition) is 3. The summed E-state index contributed by atoms with van der Waals surface area (Å²) in [6, 6.07) is 7.53. The molecule has 1 amide bonds. The molecule has 0 aliphatic rings. The van der Waals surface area contributed by atoms with E-state index >= 15 is 0 Å². The molecule has 0 spiro atoms. The van der Waals surface area contributed by atoms with E-state index in [0.717, 1.165) is 0 Å². The van der Waals surface area contributed by atoms with Gasteiger partial charge in [0.25, 0.3) is 11.6 Å². The highest BCUT2D eigenvalue weighted by Gasteiger charge is 2.18. The maximum atomic E-state index is 12.4. The average molecular weight is 451 g/mol. The first-order valence-electron chi connectivity index (χ1n) is 6.01. The molecule has 0 aliphatic carbocycles. The summed E-state index contributed by atoms with van der Waals surface area (Å²) in [5.74, 6) is -0.433. The lowest BCUT2D eigenvalue weighted by Gasteiger charge is -2.11. The van der Waals surface area contributed by atoms with Gasteiger partial charge in [0.05, 0.1) is 26.8 Å². The summed E-state index contributed by atoms with van der Waals surface area (Å²) in [5.41, 5.74) is 0.996. The molecule has 0 atom stereocenters. The standard InChI is InChI=1S/C14H9Cl2IN2O3/c1-7-11(3-2-4-12(7)19(21)22)18-14(20)9-5-8(15)6-10(16)13(9)17/h2-6H,1H3,(H,18,20). The Morgan fingerprint density at radius 1 is 1.32 bits per heavy atom. The number of benzene rings is 2. The summed E-state index contributed by atoms with van der Waals surface area (Å²) in [7, 11) is 0. The van der Waals surface area contributed by atoms with Crippen molar-refractivity contribution in [2.75, 3.05) is 5.32 Å². The van der Waals surface area contributed by atoms with Gasteiger partial charge >= 0.3 is 0 Å². The molecule has 1 N–H and O–H groups in total. The van der Waals surface area contributed by atoms with Crippen LogP contribution >= 0.6 is 45.8 Å². The van der Waals surface area contributed by atoms with E-state index in [0.29, 0.717) is 30.4 Å². The topological polar surface area (TPSA) is 72.2 Å². The summed E-state index contributed by atoms with van der Waals surface area (Å²) in [6.45, 7) is 1.57. The number of anilines is 1. The first kappa shape index (κ1) is 17.0. The number of nitrogens with one attached hydrogen (secondary N) is 1. The number of amides is 1. The van der Waals surface area contributed by atoms with Crippen LogP contribution in [0.25, 0.3) is 0 Å². The highest BCUT2D eigenvalue weighted by molar-refractivity contribution is 14.1. The lowest BCUT2D eigenvalue weighted by Crippen LogP contribution is -2.15. The third kappa shape index (κ3) is 3.50. The van der Waals surface area contributed by atoms with Gasteiger partial charge in [-0.3, -0.25) is 14.9 Å². The molecule has 0 saturated heterocycles. The highest BCUT2D eigenvalue weighted by atomic mass is 127. The van der Waals surface area contributed by atoms with E-state index in [1.807, 2.05) is 22.6 Å². The van der Waals surface area contributed by atoms with Crippen LogP contribution < -0.4 is 5.32 Å². The minimum absolute atomic E-state index is 0.0587. The molecular formula is C14H9Cl2IN2O3. The quantitative estimate of drug-likeness (QED) is 0.307. The van der Waals surface area contributed by atoms with Gasteiger partial charge in [-0.2, -0.15) is 0 Å². The molecule has 0 saturated carbocycles. The second-order valence-corrected chi connectivity index (χ2v) is 6.33. The van der Waals surface area contributed by atoms with Crippen LogP contribution in [0.15, 0.2) is 30.3 Å². The number of nitrogens with zero attached hydrogens (tertiary/aromatic N) is 1. The second-order valence-electron chi connectivity index (χ2n) is 4.41. The first-order valence-corrected chi connectivity index (χ1v) is 7.84. The van der Waals surface area contributed by atoms with Crippen molar-refractivity contribution in [2.24, 2.45) is 0 Å². The molecule has 2 aromatic rings. The molecule has 0 unspecified atom stereocenters. The van der Waals surface area contributed by atoms with Gasteiger partial charge in [0.15, 0.2) is 0 Å². The summed E-state index contributed by atoms with van der Waals surface area (Å²) >= 11 is 13.9. The van der Waals surface area contributed by atoms with Crippen LogP contribution in [-0.4, -0.2) is 10.8 Å². The number of nitro groups is 1. The Kier molecular flexibility index (Phi) is 5.25. The minimum Gasteiger partial charge on any atom is -0.321 e. The summed E-state index contributed by atoms with van der Waals surface area (Å²) in [4.78, 5) is 22.8. The highest BCUT2D eigenvalue weighted by Crippen LogP contribution is 2.29. The molecule has 0 aliphatic heterocycles. The zero-order chi connectivity index (χ0) is 16.4. The van der Waals surface area contributed by atoms with E-state index in [2.05, 4.69) is 5.32 Å².